The number of esters is 1. The van der Waals surface area contributed by atoms with Crippen molar-refractivity contribution in [2.45, 2.75) is 57.9 Å². The van der Waals surface area contributed by atoms with Crippen molar-refractivity contribution >= 4 is 18.5 Å². The average molecular weight is 360 g/mol. The minimum absolute atomic E-state index is 0.0904. The highest BCUT2D eigenvalue weighted by Crippen LogP contribution is 2.47. The Bertz CT molecular complexity index is 554. The fourth-order valence-electron chi connectivity index (χ4n) is 2.67. The summed E-state index contributed by atoms with van der Waals surface area (Å²) >= 11 is 0. The van der Waals surface area contributed by atoms with Crippen molar-refractivity contribution in [2.24, 2.45) is 11.8 Å². The van der Waals surface area contributed by atoms with Crippen LogP contribution in [-0.4, -0.2) is 53.9 Å². The number of nitrogens with one attached hydrogen (secondary N) is 1. The van der Waals surface area contributed by atoms with Gasteiger partial charge in [0.2, 0.25) is 0 Å². The highest BCUT2D eigenvalue weighted by atomic mass is 16.6. The highest BCUT2D eigenvalue weighted by molar-refractivity contribution is 5.80. The molecule has 1 fully saturated rings. The van der Waals surface area contributed by atoms with E-state index >= 15 is 0 Å². The smallest absolute Gasteiger partial charge is 0.407 e. The lowest BCUT2D eigenvalue weighted by Crippen LogP contribution is -2.48. The van der Waals surface area contributed by atoms with Crippen molar-refractivity contribution in [1.82, 2.24) is 5.32 Å². The Balaban J connectivity index is 3.03. The molecule has 0 saturated heterocycles. The summed E-state index contributed by atoms with van der Waals surface area (Å²) in [7, 11) is 1.16. The summed E-state index contributed by atoms with van der Waals surface area (Å²) < 4.78 is 14.7. The molecule has 0 heterocycles. The number of nitrogens with zero attached hydrogens (tertiary/aromatic N) is 1. The summed E-state index contributed by atoms with van der Waals surface area (Å²) in [5.41, 5.74) is -2.42. The summed E-state index contributed by atoms with van der Waals surface area (Å²) in [6.07, 6.45) is -2.01. The first-order valence-electron chi connectivity index (χ1n) is 7.67. The van der Waals surface area contributed by atoms with E-state index in [1.54, 1.807) is 20.8 Å². The minimum atomic E-state index is -1.66. The van der Waals surface area contributed by atoms with Gasteiger partial charge in [0.15, 0.2) is 6.10 Å². The van der Waals surface area contributed by atoms with Gasteiger partial charge in [0, 0.05) is 24.7 Å². The molecular weight excluding hydrogens is 336 g/mol. The van der Waals surface area contributed by atoms with E-state index in [-0.39, 0.29) is 6.47 Å². The zero-order valence-electron chi connectivity index (χ0n) is 15.1. The van der Waals surface area contributed by atoms with Gasteiger partial charge in [-0.25, -0.2) is 4.79 Å². The lowest BCUT2D eigenvalue weighted by molar-refractivity contribution is -0.573. The van der Waals surface area contributed by atoms with Crippen LogP contribution in [0.3, 0.4) is 0 Å². The summed E-state index contributed by atoms with van der Waals surface area (Å²) in [5.74, 6) is -2.34. The third-order valence-electron chi connectivity index (χ3n) is 3.95. The van der Waals surface area contributed by atoms with Crippen LogP contribution in [0.4, 0.5) is 4.79 Å². The lowest BCUT2D eigenvalue weighted by Gasteiger charge is -2.25. The summed E-state index contributed by atoms with van der Waals surface area (Å²) in [6, 6.07) is -0.800. The molecule has 1 N–H and O–H groups in total. The monoisotopic (exact) mass is 360 g/mol. The molecule has 0 spiro atoms. The van der Waals surface area contributed by atoms with E-state index in [0.717, 1.165) is 7.11 Å². The fraction of sp³-hybridized carbons (Fsp3) is 0.800. The topological polar surface area (TPSA) is 134 Å². The molecule has 0 aromatic rings. The molecular formula is C15H24N2O8. The first-order valence-corrected chi connectivity index (χ1v) is 7.67. The lowest BCUT2D eigenvalue weighted by atomic mass is 9.93. The number of amides is 1. The molecule has 1 rings (SSSR count). The number of hydrogen-bond acceptors (Lipinski definition) is 8. The molecule has 10 nitrogen and oxygen atoms in total. The summed E-state index contributed by atoms with van der Waals surface area (Å²) in [5, 5.41) is 13.8. The predicted molar refractivity (Wildman–Crippen MR) is 84.2 cm³/mol. The Morgan fingerprint density at radius 1 is 1.24 bits per heavy atom. The molecule has 0 aliphatic heterocycles. The maximum Gasteiger partial charge on any atom is 0.407 e. The molecule has 0 unspecified atom stereocenters. The molecule has 4 atom stereocenters. The van der Waals surface area contributed by atoms with E-state index in [9.17, 15) is 24.5 Å². The van der Waals surface area contributed by atoms with Crippen LogP contribution >= 0.6 is 0 Å². The van der Waals surface area contributed by atoms with Crippen LogP contribution in [0.15, 0.2) is 0 Å². The summed E-state index contributed by atoms with van der Waals surface area (Å²) in [6.45, 7) is 7.65. The molecule has 1 aliphatic carbocycles. The quantitative estimate of drug-likeness (QED) is 0.233. The number of carbonyl (C=O) groups is 3. The van der Waals surface area contributed by atoms with Crippen molar-refractivity contribution in [3.05, 3.63) is 10.1 Å². The zero-order valence-corrected chi connectivity index (χ0v) is 15.1. The largest absolute Gasteiger partial charge is 0.469 e. The molecule has 1 amide bonds. The second-order valence-electron chi connectivity index (χ2n) is 7.36. The van der Waals surface area contributed by atoms with Gasteiger partial charge < -0.3 is 19.5 Å². The van der Waals surface area contributed by atoms with E-state index < -0.39 is 52.1 Å². The Hall–Kier alpha value is -2.39. The SMILES string of the molecule is COC(=O)[C@H]1[C@H](NC(=O)OC(C)(C)C)[C@@H]1[C@H](OC=O)C(C)(C)[N+](=O)[O-]. The Labute approximate surface area is 145 Å². The van der Waals surface area contributed by atoms with Crippen LogP contribution in [0.2, 0.25) is 0 Å². The van der Waals surface area contributed by atoms with Crippen LogP contribution < -0.4 is 5.32 Å². The second kappa shape index (κ2) is 7.24. The van der Waals surface area contributed by atoms with E-state index in [2.05, 4.69) is 10.1 Å². The van der Waals surface area contributed by atoms with Crippen molar-refractivity contribution < 1.29 is 33.5 Å². The maximum absolute atomic E-state index is 11.9. The standard InChI is InChI=1S/C15H24N2O8/c1-14(2,3)25-13(20)16-10-8(9(10)12(19)23-6)11(24-7-18)15(4,5)17(21)22/h7-11H,1-6H3,(H,16,20)/t8-,9-,10-,11+/m1/s1. The third kappa shape index (κ3) is 4.80. The van der Waals surface area contributed by atoms with Crippen LogP contribution in [0, 0.1) is 22.0 Å². The second-order valence-corrected chi connectivity index (χ2v) is 7.36. The molecule has 10 heteroatoms. The highest BCUT2D eigenvalue weighted by Gasteiger charge is 2.67. The number of ether oxygens (including phenoxy) is 3. The van der Waals surface area contributed by atoms with Gasteiger partial charge in [-0.15, -0.1) is 0 Å². The van der Waals surface area contributed by atoms with E-state index in [1.807, 2.05) is 0 Å². The number of alkyl carbamates (subject to hydrolysis) is 1. The van der Waals surface area contributed by atoms with E-state index in [1.165, 1.54) is 13.8 Å². The molecule has 25 heavy (non-hydrogen) atoms. The Morgan fingerprint density at radius 2 is 1.80 bits per heavy atom. The first-order chi connectivity index (χ1) is 11.4. The van der Waals surface area contributed by atoms with Crippen molar-refractivity contribution in [3.8, 4) is 0 Å². The predicted octanol–water partition coefficient (Wildman–Crippen LogP) is 0.896. The molecule has 0 aromatic heterocycles. The van der Waals surface area contributed by atoms with Gasteiger partial charge in [0.1, 0.15) is 5.60 Å². The Kier molecular flexibility index (Phi) is 5.98. The third-order valence-corrected chi connectivity index (χ3v) is 3.95. The number of nitro groups is 1. The minimum Gasteiger partial charge on any atom is -0.469 e. The maximum atomic E-state index is 11.9. The first kappa shape index (κ1) is 20.7. The average Bonchev–Trinajstić information content (AvgIpc) is 3.14. The number of rotatable bonds is 7. The van der Waals surface area contributed by atoms with E-state index in [0.29, 0.717) is 0 Å². The van der Waals surface area contributed by atoms with Gasteiger partial charge >= 0.3 is 12.1 Å². The van der Waals surface area contributed by atoms with Crippen molar-refractivity contribution in [1.29, 1.82) is 0 Å². The Morgan fingerprint density at radius 3 is 2.20 bits per heavy atom. The van der Waals surface area contributed by atoms with Gasteiger partial charge in [-0.1, -0.05) is 0 Å². The number of carbonyl (C=O) groups excluding carboxylic acids is 3. The molecule has 0 bridgehead atoms. The molecule has 0 radical (unpaired) electrons. The van der Waals surface area contributed by atoms with E-state index in [4.69, 9.17) is 9.47 Å². The van der Waals surface area contributed by atoms with Gasteiger partial charge in [-0.2, -0.15) is 0 Å². The summed E-state index contributed by atoms with van der Waals surface area (Å²) in [4.78, 5) is 45.4. The van der Waals surface area contributed by atoms with Crippen LogP contribution in [-0.2, 0) is 23.8 Å². The molecule has 1 aliphatic rings. The normalized spacial score (nSPS) is 23.8. The zero-order chi connectivity index (χ0) is 19.6. The van der Waals surface area contributed by atoms with Gasteiger partial charge in [-0.05, 0) is 20.8 Å². The van der Waals surface area contributed by atoms with Crippen molar-refractivity contribution in [2.75, 3.05) is 7.11 Å². The molecule has 0 aromatic carbocycles. The molecule has 1 saturated carbocycles. The molecule has 142 valence electrons. The van der Waals surface area contributed by atoms with Crippen LogP contribution in [0.1, 0.15) is 34.6 Å². The van der Waals surface area contributed by atoms with Crippen molar-refractivity contribution in [3.63, 3.8) is 0 Å². The van der Waals surface area contributed by atoms with Crippen LogP contribution in [0.25, 0.3) is 0 Å². The van der Waals surface area contributed by atoms with Crippen LogP contribution in [0.5, 0.6) is 0 Å². The number of methoxy groups -OCH3 is 1. The van der Waals surface area contributed by atoms with Gasteiger partial charge in [0.05, 0.1) is 19.1 Å². The van der Waals surface area contributed by atoms with Gasteiger partial charge in [0.25, 0.3) is 12.0 Å². The van der Waals surface area contributed by atoms with Gasteiger partial charge in [-0.3, -0.25) is 19.7 Å². The number of hydrogen-bond donors (Lipinski definition) is 1. The fourth-order valence-corrected chi connectivity index (χ4v) is 2.67.